The molecule has 0 amide bonds. The van der Waals surface area contributed by atoms with Crippen LogP contribution in [0.1, 0.15) is 37.2 Å². The summed E-state index contributed by atoms with van der Waals surface area (Å²) < 4.78 is 12.8. The van der Waals surface area contributed by atoms with Crippen molar-refractivity contribution in [1.82, 2.24) is 0 Å². The van der Waals surface area contributed by atoms with Gasteiger partial charge in [0.05, 0.1) is 0 Å². The van der Waals surface area contributed by atoms with E-state index in [9.17, 15) is 4.39 Å². The first kappa shape index (κ1) is 9.34. The Kier molecular flexibility index (Phi) is 1.90. The van der Waals surface area contributed by atoms with Crippen LogP contribution >= 0.6 is 0 Å². The zero-order valence-electron chi connectivity index (χ0n) is 8.75. The highest BCUT2D eigenvalue weighted by Gasteiger charge is 2.57. The molecule has 0 bridgehead atoms. The van der Waals surface area contributed by atoms with Crippen LogP contribution in [0.4, 0.5) is 4.39 Å². The van der Waals surface area contributed by atoms with Crippen molar-refractivity contribution in [3.63, 3.8) is 0 Å². The molecule has 2 unspecified atom stereocenters. The van der Waals surface area contributed by atoms with Gasteiger partial charge in [-0.15, -0.1) is 0 Å². The van der Waals surface area contributed by atoms with Gasteiger partial charge in [0, 0.05) is 11.5 Å². The monoisotopic (exact) mass is 205 g/mol. The lowest BCUT2D eigenvalue weighted by atomic mass is 9.77. The van der Waals surface area contributed by atoms with Crippen molar-refractivity contribution in [2.75, 3.05) is 0 Å². The highest BCUT2D eigenvalue weighted by atomic mass is 19.1. The van der Waals surface area contributed by atoms with E-state index in [0.717, 1.165) is 6.42 Å². The standard InChI is InChI=1S/C13H16FN/c14-11-6-4-9(5-7-11)12-8-13(12,15)10-2-1-3-10/h4-7,10,12H,1-3,8,15H2. The van der Waals surface area contributed by atoms with Crippen LogP contribution in [0.25, 0.3) is 0 Å². The number of benzene rings is 1. The molecule has 1 aromatic rings. The third kappa shape index (κ3) is 1.39. The Morgan fingerprint density at radius 2 is 1.87 bits per heavy atom. The summed E-state index contributed by atoms with van der Waals surface area (Å²) in [7, 11) is 0. The van der Waals surface area contributed by atoms with Crippen LogP contribution in [0.2, 0.25) is 0 Å². The molecule has 2 aliphatic carbocycles. The van der Waals surface area contributed by atoms with E-state index in [1.54, 1.807) is 0 Å². The molecule has 0 radical (unpaired) electrons. The predicted molar refractivity (Wildman–Crippen MR) is 58.0 cm³/mol. The second kappa shape index (κ2) is 3.05. The maximum atomic E-state index is 12.8. The Balaban J connectivity index is 1.77. The molecule has 3 rings (SSSR count). The molecule has 0 aliphatic heterocycles. The van der Waals surface area contributed by atoms with Crippen LogP contribution in [-0.4, -0.2) is 5.54 Å². The molecule has 2 atom stereocenters. The molecule has 2 aliphatic rings. The zero-order chi connectivity index (χ0) is 10.5. The third-order valence-electron chi connectivity index (χ3n) is 4.18. The second-order valence-electron chi connectivity index (χ2n) is 5.05. The van der Waals surface area contributed by atoms with Crippen molar-refractivity contribution < 1.29 is 4.39 Å². The summed E-state index contributed by atoms with van der Waals surface area (Å²) in [5, 5.41) is 0. The first-order chi connectivity index (χ1) is 7.20. The molecule has 15 heavy (non-hydrogen) atoms. The van der Waals surface area contributed by atoms with Crippen molar-refractivity contribution in [3.8, 4) is 0 Å². The lowest BCUT2D eigenvalue weighted by molar-refractivity contribution is 0.242. The molecule has 80 valence electrons. The van der Waals surface area contributed by atoms with E-state index in [1.165, 1.54) is 37.0 Å². The van der Waals surface area contributed by atoms with Crippen LogP contribution in [-0.2, 0) is 0 Å². The minimum atomic E-state index is -0.161. The number of rotatable bonds is 2. The molecule has 0 spiro atoms. The van der Waals surface area contributed by atoms with Gasteiger partial charge in [0.15, 0.2) is 0 Å². The molecule has 1 aromatic carbocycles. The molecule has 0 aromatic heterocycles. The molecule has 2 heteroatoms. The Bertz CT molecular complexity index is 369. The molecular formula is C13H16FN. The fourth-order valence-corrected chi connectivity index (χ4v) is 2.81. The van der Waals surface area contributed by atoms with Gasteiger partial charge in [-0.05, 0) is 42.9 Å². The van der Waals surface area contributed by atoms with Gasteiger partial charge in [0.25, 0.3) is 0 Å². The Labute approximate surface area is 89.5 Å². The fraction of sp³-hybridized carbons (Fsp3) is 0.538. The average molecular weight is 205 g/mol. The number of hydrogen-bond acceptors (Lipinski definition) is 1. The second-order valence-corrected chi connectivity index (χ2v) is 5.05. The van der Waals surface area contributed by atoms with Crippen LogP contribution in [0, 0.1) is 11.7 Å². The van der Waals surface area contributed by atoms with Gasteiger partial charge >= 0.3 is 0 Å². The Morgan fingerprint density at radius 3 is 2.40 bits per heavy atom. The average Bonchev–Trinajstić information content (AvgIpc) is 2.76. The van der Waals surface area contributed by atoms with E-state index >= 15 is 0 Å². The third-order valence-corrected chi connectivity index (χ3v) is 4.18. The predicted octanol–water partition coefficient (Wildman–Crippen LogP) is 2.81. The van der Waals surface area contributed by atoms with Gasteiger partial charge in [-0.3, -0.25) is 0 Å². The van der Waals surface area contributed by atoms with E-state index in [4.69, 9.17) is 5.73 Å². The van der Waals surface area contributed by atoms with E-state index in [1.807, 2.05) is 12.1 Å². The molecule has 1 nitrogen and oxygen atoms in total. The van der Waals surface area contributed by atoms with Gasteiger partial charge in [-0.2, -0.15) is 0 Å². The van der Waals surface area contributed by atoms with Gasteiger partial charge in [-0.1, -0.05) is 18.6 Å². The van der Waals surface area contributed by atoms with Gasteiger partial charge in [0.2, 0.25) is 0 Å². The molecule has 2 N–H and O–H groups in total. The minimum Gasteiger partial charge on any atom is -0.324 e. The summed E-state index contributed by atoms with van der Waals surface area (Å²) in [6, 6.07) is 6.84. The number of nitrogens with two attached hydrogens (primary N) is 1. The summed E-state index contributed by atoms with van der Waals surface area (Å²) in [5.41, 5.74) is 7.62. The van der Waals surface area contributed by atoms with Crippen LogP contribution in [0.3, 0.4) is 0 Å². The lowest BCUT2D eigenvalue weighted by Gasteiger charge is -2.32. The largest absolute Gasteiger partial charge is 0.324 e. The quantitative estimate of drug-likeness (QED) is 0.789. The van der Waals surface area contributed by atoms with Gasteiger partial charge in [0.1, 0.15) is 5.82 Å². The summed E-state index contributed by atoms with van der Waals surface area (Å²) >= 11 is 0. The fourth-order valence-electron chi connectivity index (χ4n) is 2.81. The van der Waals surface area contributed by atoms with E-state index < -0.39 is 0 Å². The van der Waals surface area contributed by atoms with E-state index in [0.29, 0.717) is 11.8 Å². The minimum absolute atomic E-state index is 0.0378. The molecule has 0 heterocycles. The smallest absolute Gasteiger partial charge is 0.123 e. The number of halogens is 1. The zero-order valence-corrected chi connectivity index (χ0v) is 8.75. The van der Waals surface area contributed by atoms with Crippen molar-refractivity contribution in [2.45, 2.75) is 37.1 Å². The summed E-state index contributed by atoms with van der Waals surface area (Å²) in [6.45, 7) is 0. The van der Waals surface area contributed by atoms with Gasteiger partial charge in [-0.25, -0.2) is 4.39 Å². The molecule has 0 saturated heterocycles. The topological polar surface area (TPSA) is 26.0 Å². The van der Waals surface area contributed by atoms with Crippen LogP contribution in [0.15, 0.2) is 24.3 Å². The van der Waals surface area contributed by atoms with Crippen LogP contribution < -0.4 is 5.73 Å². The van der Waals surface area contributed by atoms with Gasteiger partial charge < -0.3 is 5.73 Å². The van der Waals surface area contributed by atoms with Crippen molar-refractivity contribution in [2.24, 2.45) is 11.7 Å². The summed E-state index contributed by atoms with van der Waals surface area (Å²) in [4.78, 5) is 0. The Morgan fingerprint density at radius 1 is 1.20 bits per heavy atom. The van der Waals surface area contributed by atoms with E-state index in [2.05, 4.69) is 0 Å². The van der Waals surface area contributed by atoms with Crippen LogP contribution in [0.5, 0.6) is 0 Å². The highest BCUT2D eigenvalue weighted by molar-refractivity contribution is 5.34. The normalized spacial score (nSPS) is 34.9. The Hall–Kier alpha value is -0.890. The summed E-state index contributed by atoms with van der Waals surface area (Å²) in [5.74, 6) is 1.03. The van der Waals surface area contributed by atoms with Crippen molar-refractivity contribution in [1.29, 1.82) is 0 Å². The maximum Gasteiger partial charge on any atom is 0.123 e. The SMILES string of the molecule is NC1(C2CCC2)CC1c1ccc(F)cc1. The maximum absolute atomic E-state index is 12.8. The number of hydrogen-bond donors (Lipinski definition) is 1. The first-order valence-electron chi connectivity index (χ1n) is 5.74. The van der Waals surface area contributed by atoms with E-state index in [-0.39, 0.29) is 11.4 Å². The molecular weight excluding hydrogens is 189 g/mol. The van der Waals surface area contributed by atoms with Crippen molar-refractivity contribution in [3.05, 3.63) is 35.6 Å². The van der Waals surface area contributed by atoms with Crippen molar-refractivity contribution >= 4 is 0 Å². The highest BCUT2D eigenvalue weighted by Crippen LogP contribution is 2.58. The lowest BCUT2D eigenvalue weighted by Crippen LogP contribution is -2.38. The molecule has 2 fully saturated rings. The summed E-state index contributed by atoms with van der Waals surface area (Å²) in [6.07, 6.45) is 4.99. The first-order valence-corrected chi connectivity index (χ1v) is 5.74. The molecule has 2 saturated carbocycles.